The number of nitrogens with two attached hydrogens (primary N) is 2. The monoisotopic (exact) mass is 270 g/mol. The van der Waals surface area contributed by atoms with Gasteiger partial charge in [0.15, 0.2) is 5.75 Å². The van der Waals surface area contributed by atoms with Crippen molar-refractivity contribution in [2.24, 2.45) is 11.7 Å². The Labute approximate surface area is 112 Å². The van der Waals surface area contributed by atoms with Gasteiger partial charge in [0.25, 0.3) is 5.91 Å². The molecule has 1 rings (SSSR count). The van der Waals surface area contributed by atoms with E-state index in [0.29, 0.717) is 29.0 Å². The first-order valence-electron chi connectivity index (χ1n) is 5.93. The zero-order chi connectivity index (χ0) is 13.7. The van der Waals surface area contributed by atoms with Crippen molar-refractivity contribution < 1.29 is 9.53 Å². The van der Waals surface area contributed by atoms with Gasteiger partial charge in [0, 0.05) is 5.69 Å². The first kappa shape index (κ1) is 14.6. The molecule has 0 aliphatic heterocycles. The van der Waals surface area contributed by atoms with E-state index in [1.54, 1.807) is 6.07 Å². The van der Waals surface area contributed by atoms with Crippen LogP contribution in [0.1, 0.15) is 37.0 Å². The van der Waals surface area contributed by atoms with Crippen LogP contribution < -0.4 is 16.2 Å². The minimum atomic E-state index is -0.594. The van der Waals surface area contributed by atoms with Crippen LogP contribution in [0.25, 0.3) is 0 Å². The van der Waals surface area contributed by atoms with E-state index < -0.39 is 5.91 Å². The van der Waals surface area contributed by atoms with E-state index in [4.69, 9.17) is 27.8 Å². The predicted molar refractivity (Wildman–Crippen MR) is 73.9 cm³/mol. The highest BCUT2D eigenvalue weighted by Gasteiger charge is 2.14. The summed E-state index contributed by atoms with van der Waals surface area (Å²) in [5.41, 5.74) is 11.5. The van der Waals surface area contributed by atoms with Gasteiger partial charge in [0.05, 0.1) is 17.2 Å². The van der Waals surface area contributed by atoms with Gasteiger partial charge in [-0.25, -0.2) is 0 Å². The summed E-state index contributed by atoms with van der Waals surface area (Å²) in [7, 11) is 0. The number of rotatable bonds is 6. The fraction of sp³-hybridized carbons (Fsp3) is 0.462. The molecule has 0 aliphatic rings. The molecule has 0 aliphatic carbocycles. The molecule has 0 radical (unpaired) electrons. The zero-order valence-corrected chi connectivity index (χ0v) is 11.5. The van der Waals surface area contributed by atoms with E-state index in [1.165, 1.54) is 6.07 Å². The molecular weight excluding hydrogens is 252 g/mol. The average Bonchev–Trinajstić information content (AvgIpc) is 2.25. The van der Waals surface area contributed by atoms with E-state index in [0.717, 1.165) is 12.8 Å². The Morgan fingerprint density at radius 1 is 1.44 bits per heavy atom. The largest absolute Gasteiger partial charge is 0.491 e. The molecule has 100 valence electrons. The summed E-state index contributed by atoms with van der Waals surface area (Å²) in [5.74, 6) is 0.344. The van der Waals surface area contributed by atoms with Gasteiger partial charge >= 0.3 is 0 Å². The van der Waals surface area contributed by atoms with Crippen molar-refractivity contribution >= 4 is 23.2 Å². The molecule has 1 aromatic carbocycles. The van der Waals surface area contributed by atoms with Crippen molar-refractivity contribution in [2.75, 3.05) is 12.3 Å². The Morgan fingerprint density at radius 2 is 2.11 bits per heavy atom. The highest BCUT2D eigenvalue weighted by molar-refractivity contribution is 6.33. The van der Waals surface area contributed by atoms with Crippen LogP contribution in [0, 0.1) is 5.92 Å². The van der Waals surface area contributed by atoms with Crippen molar-refractivity contribution in [2.45, 2.75) is 26.7 Å². The molecule has 18 heavy (non-hydrogen) atoms. The maximum absolute atomic E-state index is 11.3. The number of carbonyl (C=O) groups is 1. The lowest BCUT2D eigenvalue weighted by atomic mass is 10.1. The van der Waals surface area contributed by atoms with Gasteiger partial charge in [-0.05, 0) is 30.9 Å². The van der Waals surface area contributed by atoms with Crippen LogP contribution >= 0.6 is 11.6 Å². The Balaban J connectivity index is 2.77. The second-order valence-electron chi connectivity index (χ2n) is 4.63. The quantitative estimate of drug-likeness (QED) is 0.616. The third kappa shape index (κ3) is 4.11. The van der Waals surface area contributed by atoms with Crippen molar-refractivity contribution in [3.05, 3.63) is 22.7 Å². The third-order valence-corrected chi connectivity index (χ3v) is 2.78. The lowest BCUT2D eigenvalue weighted by Gasteiger charge is -2.12. The number of hydrogen-bond acceptors (Lipinski definition) is 3. The molecule has 4 N–H and O–H groups in total. The summed E-state index contributed by atoms with van der Waals surface area (Å²) in [6.07, 6.45) is 1.95. The SMILES string of the molecule is CC(C)CCCOc1c(Cl)cc(N)cc1C(N)=O. The van der Waals surface area contributed by atoms with Gasteiger partial charge in [0.2, 0.25) is 0 Å². The number of halogens is 1. The van der Waals surface area contributed by atoms with Gasteiger partial charge in [-0.2, -0.15) is 0 Å². The molecule has 1 aromatic rings. The molecule has 0 saturated heterocycles. The zero-order valence-electron chi connectivity index (χ0n) is 10.7. The Bertz CT molecular complexity index is 433. The van der Waals surface area contributed by atoms with E-state index in [1.807, 2.05) is 0 Å². The minimum absolute atomic E-state index is 0.226. The van der Waals surface area contributed by atoms with Crippen molar-refractivity contribution in [1.29, 1.82) is 0 Å². The Kier molecular flexibility index (Phi) is 5.28. The minimum Gasteiger partial charge on any atom is -0.491 e. The first-order valence-corrected chi connectivity index (χ1v) is 6.31. The summed E-state index contributed by atoms with van der Waals surface area (Å²) in [4.78, 5) is 11.3. The van der Waals surface area contributed by atoms with Crippen molar-refractivity contribution in [3.8, 4) is 5.75 Å². The number of ether oxygens (including phenoxy) is 1. The van der Waals surface area contributed by atoms with Crippen LogP contribution in [0.2, 0.25) is 5.02 Å². The number of hydrogen-bond donors (Lipinski definition) is 2. The topological polar surface area (TPSA) is 78.3 Å². The van der Waals surface area contributed by atoms with E-state index in [2.05, 4.69) is 13.8 Å². The average molecular weight is 271 g/mol. The molecule has 0 unspecified atom stereocenters. The van der Waals surface area contributed by atoms with Crippen molar-refractivity contribution in [1.82, 2.24) is 0 Å². The maximum atomic E-state index is 11.3. The summed E-state index contributed by atoms with van der Waals surface area (Å²) >= 11 is 6.01. The lowest BCUT2D eigenvalue weighted by Crippen LogP contribution is -2.14. The number of benzene rings is 1. The molecule has 0 atom stereocenters. The number of carbonyl (C=O) groups excluding carboxylic acids is 1. The summed E-state index contributed by atoms with van der Waals surface area (Å²) in [6.45, 7) is 4.79. The maximum Gasteiger partial charge on any atom is 0.252 e. The van der Waals surface area contributed by atoms with Gasteiger partial charge in [-0.15, -0.1) is 0 Å². The lowest BCUT2D eigenvalue weighted by molar-refractivity contribution is 0.0996. The third-order valence-electron chi connectivity index (χ3n) is 2.50. The predicted octanol–water partition coefficient (Wildman–Crippen LogP) is 2.84. The van der Waals surface area contributed by atoms with Crippen LogP contribution in [0.3, 0.4) is 0 Å². The molecule has 5 heteroatoms. The van der Waals surface area contributed by atoms with Crippen LogP contribution in [0.5, 0.6) is 5.75 Å². The fourth-order valence-electron chi connectivity index (χ4n) is 1.61. The molecule has 0 heterocycles. The van der Waals surface area contributed by atoms with Gasteiger partial charge in [0.1, 0.15) is 0 Å². The van der Waals surface area contributed by atoms with Crippen LogP contribution in [0.15, 0.2) is 12.1 Å². The standard InChI is InChI=1S/C13H19ClN2O2/c1-8(2)4-3-5-18-12-10(13(16)17)6-9(15)7-11(12)14/h6-8H,3-5,15H2,1-2H3,(H2,16,17). The normalized spacial score (nSPS) is 10.7. The second-order valence-corrected chi connectivity index (χ2v) is 5.04. The van der Waals surface area contributed by atoms with E-state index >= 15 is 0 Å². The molecule has 0 fully saturated rings. The molecular formula is C13H19ClN2O2. The van der Waals surface area contributed by atoms with Gasteiger partial charge in [-0.3, -0.25) is 4.79 Å². The molecule has 4 nitrogen and oxygen atoms in total. The van der Waals surface area contributed by atoms with Crippen LogP contribution in [-0.2, 0) is 0 Å². The Hall–Kier alpha value is -1.42. The fourth-order valence-corrected chi connectivity index (χ4v) is 1.89. The van der Waals surface area contributed by atoms with Gasteiger partial charge in [-0.1, -0.05) is 25.4 Å². The number of amides is 1. The smallest absolute Gasteiger partial charge is 0.252 e. The first-order chi connectivity index (χ1) is 8.41. The molecule has 0 bridgehead atoms. The Morgan fingerprint density at radius 3 is 2.67 bits per heavy atom. The molecule has 0 saturated carbocycles. The number of primary amides is 1. The number of nitrogen functional groups attached to an aromatic ring is 1. The van der Waals surface area contributed by atoms with Crippen LogP contribution in [0.4, 0.5) is 5.69 Å². The summed E-state index contributed by atoms with van der Waals surface area (Å²) in [6, 6.07) is 3.03. The summed E-state index contributed by atoms with van der Waals surface area (Å²) in [5, 5.41) is 0.313. The van der Waals surface area contributed by atoms with E-state index in [9.17, 15) is 4.79 Å². The van der Waals surface area contributed by atoms with E-state index in [-0.39, 0.29) is 5.56 Å². The number of anilines is 1. The van der Waals surface area contributed by atoms with Crippen molar-refractivity contribution in [3.63, 3.8) is 0 Å². The highest BCUT2D eigenvalue weighted by atomic mass is 35.5. The molecule has 0 aromatic heterocycles. The van der Waals surface area contributed by atoms with Crippen LogP contribution in [-0.4, -0.2) is 12.5 Å². The second kappa shape index (κ2) is 6.50. The van der Waals surface area contributed by atoms with Gasteiger partial charge < -0.3 is 16.2 Å². The summed E-state index contributed by atoms with van der Waals surface area (Å²) < 4.78 is 5.55. The molecule has 0 spiro atoms. The molecule has 1 amide bonds. The highest BCUT2D eigenvalue weighted by Crippen LogP contribution is 2.31.